The highest BCUT2D eigenvalue weighted by Crippen LogP contribution is 2.27. The first-order valence-electron chi connectivity index (χ1n) is 9.52. The largest absolute Gasteiger partial charge is 0.302 e. The second-order valence-electron chi connectivity index (χ2n) is 7.60. The first-order chi connectivity index (χ1) is 14.3. The van der Waals surface area contributed by atoms with Gasteiger partial charge in [0.25, 0.3) is 5.91 Å². The molecule has 0 radical (unpaired) electrons. The van der Waals surface area contributed by atoms with Crippen LogP contribution in [0.2, 0.25) is 0 Å². The van der Waals surface area contributed by atoms with E-state index in [9.17, 15) is 4.79 Å². The third kappa shape index (κ3) is 5.80. The first-order valence-corrected chi connectivity index (χ1v) is 12.1. The molecule has 0 spiro atoms. The Morgan fingerprint density at radius 2 is 1.97 bits per heavy atom. The number of nitrogens with one attached hydrogen (secondary N) is 1. The number of thioether (sulfide) groups is 1. The Morgan fingerprint density at radius 1 is 1.23 bits per heavy atom. The number of nitrogens with zero attached hydrogens (tertiary/aromatic N) is 4. The first kappa shape index (κ1) is 22.7. The SMILES string of the molecule is CCn1c(SCC(=O)NN=Cc2ccc(Br)s2)nnc1-c1ccc(C(C)(C)C)cc1. The molecule has 3 rings (SSSR count). The predicted octanol–water partition coefficient (Wildman–Crippen LogP) is 5.33. The third-order valence-electron chi connectivity index (χ3n) is 4.35. The van der Waals surface area contributed by atoms with Crippen LogP contribution in [0.5, 0.6) is 0 Å². The number of carbonyl (C=O) groups is 1. The summed E-state index contributed by atoms with van der Waals surface area (Å²) in [6.45, 7) is 9.35. The van der Waals surface area contributed by atoms with Gasteiger partial charge in [-0.2, -0.15) is 5.10 Å². The Bertz CT molecular complexity index is 1030. The zero-order valence-corrected chi connectivity index (χ0v) is 20.6. The number of rotatable bonds is 7. The molecule has 1 aromatic carbocycles. The number of carbonyl (C=O) groups excluding carboxylic acids is 1. The molecule has 3 aromatic rings. The van der Waals surface area contributed by atoms with Crippen LogP contribution in [-0.2, 0) is 16.8 Å². The van der Waals surface area contributed by atoms with E-state index in [0.717, 1.165) is 26.6 Å². The van der Waals surface area contributed by atoms with Crippen LogP contribution in [0.4, 0.5) is 0 Å². The Labute approximate surface area is 193 Å². The van der Waals surface area contributed by atoms with Gasteiger partial charge in [0.05, 0.1) is 15.8 Å². The van der Waals surface area contributed by atoms with Gasteiger partial charge in [0.1, 0.15) is 0 Å². The van der Waals surface area contributed by atoms with Crippen LogP contribution in [0.1, 0.15) is 38.1 Å². The Balaban J connectivity index is 1.62. The van der Waals surface area contributed by atoms with E-state index in [1.807, 2.05) is 23.6 Å². The van der Waals surface area contributed by atoms with Crippen LogP contribution in [0.3, 0.4) is 0 Å². The molecule has 1 amide bonds. The van der Waals surface area contributed by atoms with Gasteiger partial charge in [-0.25, -0.2) is 5.43 Å². The number of hydrogen-bond acceptors (Lipinski definition) is 6. The molecule has 6 nitrogen and oxygen atoms in total. The van der Waals surface area contributed by atoms with E-state index in [-0.39, 0.29) is 17.1 Å². The minimum Gasteiger partial charge on any atom is -0.302 e. The quantitative estimate of drug-likeness (QED) is 0.267. The highest BCUT2D eigenvalue weighted by Gasteiger charge is 2.17. The van der Waals surface area contributed by atoms with Crippen molar-refractivity contribution in [2.75, 3.05) is 5.75 Å². The Morgan fingerprint density at radius 3 is 2.57 bits per heavy atom. The van der Waals surface area contributed by atoms with E-state index in [2.05, 4.69) is 81.7 Å². The van der Waals surface area contributed by atoms with Crippen molar-refractivity contribution in [3.63, 3.8) is 0 Å². The lowest BCUT2D eigenvalue weighted by Gasteiger charge is -2.19. The summed E-state index contributed by atoms with van der Waals surface area (Å²) in [6.07, 6.45) is 1.63. The number of thiophene rings is 1. The van der Waals surface area contributed by atoms with Crippen molar-refractivity contribution < 1.29 is 4.79 Å². The van der Waals surface area contributed by atoms with Gasteiger partial charge in [0.15, 0.2) is 11.0 Å². The minimum absolute atomic E-state index is 0.105. The maximum atomic E-state index is 12.1. The standard InChI is InChI=1S/C21H24BrN5OS2/c1-5-27-19(14-6-8-15(9-7-14)21(2,3)4)25-26-20(27)29-13-18(28)24-23-12-16-10-11-17(22)30-16/h6-12H,5,13H2,1-4H3,(H,24,28). The van der Waals surface area contributed by atoms with E-state index in [4.69, 9.17) is 0 Å². The Hall–Kier alpha value is -1.97. The van der Waals surface area contributed by atoms with Gasteiger partial charge >= 0.3 is 0 Å². The third-order valence-corrected chi connectivity index (χ3v) is 6.87. The number of halogens is 1. The van der Waals surface area contributed by atoms with Crippen molar-refractivity contribution in [3.8, 4) is 11.4 Å². The van der Waals surface area contributed by atoms with Crippen molar-refractivity contribution in [1.29, 1.82) is 0 Å². The summed E-state index contributed by atoms with van der Waals surface area (Å²) >= 11 is 6.30. The summed E-state index contributed by atoms with van der Waals surface area (Å²) in [5, 5.41) is 13.4. The van der Waals surface area contributed by atoms with Gasteiger partial charge in [0, 0.05) is 17.0 Å². The maximum absolute atomic E-state index is 12.1. The predicted molar refractivity (Wildman–Crippen MR) is 128 cm³/mol. The summed E-state index contributed by atoms with van der Waals surface area (Å²) in [5.41, 5.74) is 4.94. The van der Waals surface area contributed by atoms with Gasteiger partial charge in [0.2, 0.25) is 0 Å². The molecule has 0 aliphatic carbocycles. The molecule has 0 bridgehead atoms. The van der Waals surface area contributed by atoms with E-state index in [0.29, 0.717) is 5.16 Å². The second kappa shape index (κ2) is 9.89. The molecular weight excluding hydrogens is 482 g/mol. The van der Waals surface area contributed by atoms with E-state index in [1.54, 1.807) is 17.6 Å². The lowest BCUT2D eigenvalue weighted by molar-refractivity contribution is -0.118. The number of hydrazone groups is 1. The van der Waals surface area contributed by atoms with Gasteiger partial charge < -0.3 is 4.57 Å². The number of aromatic nitrogens is 3. The molecule has 1 N–H and O–H groups in total. The smallest absolute Gasteiger partial charge is 0.250 e. The number of benzene rings is 1. The van der Waals surface area contributed by atoms with Crippen LogP contribution in [0.25, 0.3) is 11.4 Å². The summed E-state index contributed by atoms with van der Waals surface area (Å²) in [5.74, 6) is 0.836. The fourth-order valence-electron chi connectivity index (χ4n) is 2.74. The molecule has 158 valence electrons. The highest BCUT2D eigenvalue weighted by atomic mass is 79.9. The van der Waals surface area contributed by atoms with Crippen LogP contribution < -0.4 is 5.43 Å². The molecule has 9 heteroatoms. The average molecular weight is 506 g/mol. The maximum Gasteiger partial charge on any atom is 0.250 e. The van der Waals surface area contributed by atoms with Crippen LogP contribution in [0.15, 0.2) is 50.4 Å². The highest BCUT2D eigenvalue weighted by molar-refractivity contribution is 9.11. The van der Waals surface area contributed by atoms with E-state index >= 15 is 0 Å². The molecule has 0 fully saturated rings. The number of amides is 1. The normalized spacial score (nSPS) is 11.9. The molecule has 0 atom stereocenters. The van der Waals surface area contributed by atoms with Gasteiger partial charge in [-0.05, 0) is 46.0 Å². The van der Waals surface area contributed by atoms with Gasteiger partial charge in [-0.3, -0.25) is 4.79 Å². The number of hydrogen-bond donors (Lipinski definition) is 1. The van der Waals surface area contributed by atoms with Gasteiger partial charge in [-0.1, -0.05) is 56.8 Å². The minimum atomic E-state index is -0.186. The van der Waals surface area contributed by atoms with Crippen LogP contribution in [0, 0.1) is 0 Å². The fraction of sp³-hybridized carbons (Fsp3) is 0.333. The summed E-state index contributed by atoms with van der Waals surface area (Å²) in [6, 6.07) is 12.3. The summed E-state index contributed by atoms with van der Waals surface area (Å²) in [4.78, 5) is 13.1. The molecule has 0 unspecified atom stereocenters. The zero-order valence-electron chi connectivity index (χ0n) is 17.3. The zero-order chi connectivity index (χ0) is 21.7. The second-order valence-corrected chi connectivity index (χ2v) is 11.0. The van der Waals surface area contributed by atoms with E-state index in [1.165, 1.54) is 17.3 Å². The summed E-state index contributed by atoms with van der Waals surface area (Å²) in [7, 11) is 0. The fourth-order valence-corrected chi connectivity index (χ4v) is 4.83. The van der Waals surface area contributed by atoms with Crippen LogP contribution in [-0.4, -0.2) is 32.6 Å². The van der Waals surface area contributed by atoms with Crippen molar-refractivity contribution in [3.05, 3.63) is 50.6 Å². The summed E-state index contributed by atoms with van der Waals surface area (Å²) < 4.78 is 3.05. The lowest BCUT2D eigenvalue weighted by Crippen LogP contribution is -2.19. The molecule has 30 heavy (non-hydrogen) atoms. The Kier molecular flexibility index (Phi) is 7.49. The molecule has 2 heterocycles. The molecule has 0 aliphatic heterocycles. The van der Waals surface area contributed by atoms with Crippen molar-refractivity contribution in [1.82, 2.24) is 20.2 Å². The van der Waals surface area contributed by atoms with Crippen LogP contribution >= 0.6 is 39.0 Å². The lowest BCUT2D eigenvalue weighted by atomic mass is 9.87. The van der Waals surface area contributed by atoms with Crippen molar-refractivity contribution >= 4 is 51.2 Å². The topological polar surface area (TPSA) is 72.2 Å². The molecule has 0 aliphatic rings. The molecule has 2 aromatic heterocycles. The molecule has 0 saturated carbocycles. The van der Waals surface area contributed by atoms with Crippen molar-refractivity contribution in [2.24, 2.45) is 5.10 Å². The van der Waals surface area contributed by atoms with Crippen molar-refractivity contribution in [2.45, 2.75) is 44.8 Å². The monoisotopic (exact) mass is 505 g/mol. The average Bonchev–Trinajstić information content (AvgIpc) is 3.31. The van der Waals surface area contributed by atoms with Gasteiger partial charge in [-0.15, -0.1) is 21.5 Å². The van der Waals surface area contributed by atoms with E-state index < -0.39 is 0 Å². The molecular formula is C21H24BrN5OS2. The molecule has 0 saturated heterocycles.